The van der Waals surface area contributed by atoms with E-state index in [2.05, 4.69) is 0 Å². The lowest BCUT2D eigenvalue weighted by Gasteiger charge is -2.37. The van der Waals surface area contributed by atoms with Gasteiger partial charge in [0, 0.05) is 18.1 Å². The maximum absolute atomic E-state index is 11.6. The molecule has 3 aromatic rings. The van der Waals surface area contributed by atoms with Crippen LogP contribution >= 0.6 is 0 Å². The van der Waals surface area contributed by atoms with E-state index in [1.807, 2.05) is 53.5 Å². The summed E-state index contributed by atoms with van der Waals surface area (Å²) in [5.74, 6) is 1.51. The van der Waals surface area contributed by atoms with Crippen LogP contribution in [-0.4, -0.2) is 22.8 Å². The van der Waals surface area contributed by atoms with Crippen LogP contribution in [0.4, 0.5) is 5.69 Å². The Morgan fingerprint density at radius 3 is 2.47 bits per heavy atom. The maximum atomic E-state index is 11.6. The first-order valence-electron chi connectivity index (χ1n) is 9.65. The fourth-order valence-electron chi connectivity index (χ4n) is 4.06. The number of hydrogen-bond acceptors (Lipinski definition) is 6. The van der Waals surface area contributed by atoms with Crippen molar-refractivity contribution >= 4 is 11.4 Å². The third kappa shape index (κ3) is 2.95. The SMILES string of the molecule is COc1ccc(C2=NN3[C@@H](C2)c2ccccc2O[C@H]3c2ccccc2[N+](=O)[O-])cc1. The Morgan fingerprint density at radius 2 is 1.73 bits per heavy atom. The molecule has 7 nitrogen and oxygen atoms in total. The minimum absolute atomic E-state index is 0.0220. The predicted molar refractivity (Wildman–Crippen MR) is 112 cm³/mol. The highest BCUT2D eigenvalue weighted by Crippen LogP contribution is 2.48. The molecule has 2 aliphatic heterocycles. The topological polar surface area (TPSA) is 77.2 Å². The molecule has 2 aliphatic rings. The zero-order valence-corrected chi connectivity index (χ0v) is 16.3. The molecule has 0 spiro atoms. The number of nitrogens with zero attached hydrogens (tertiary/aromatic N) is 3. The lowest BCUT2D eigenvalue weighted by Crippen LogP contribution is -2.34. The van der Waals surface area contributed by atoms with Gasteiger partial charge in [0.2, 0.25) is 6.23 Å². The molecule has 2 heterocycles. The van der Waals surface area contributed by atoms with Crippen LogP contribution in [0, 0.1) is 10.1 Å². The van der Waals surface area contributed by atoms with Gasteiger partial charge in [-0.3, -0.25) is 10.1 Å². The first kappa shape index (κ1) is 18.2. The Bertz CT molecular complexity index is 1140. The second-order valence-electron chi connectivity index (χ2n) is 7.20. The maximum Gasteiger partial charge on any atom is 0.278 e. The molecule has 30 heavy (non-hydrogen) atoms. The Kier molecular flexibility index (Phi) is 4.35. The van der Waals surface area contributed by atoms with Crippen LogP contribution in [0.5, 0.6) is 11.5 Å². The Hall–Kier alpha value is -3.87. The van der Waals surface area contributed by atoms with Gasteiger partial charge in [0.25, 0.3) is 5.69 Å². The molecule has 0 N–H and O–H groups in total. The lowest BCUT2D eigenvalue weighted by atomic mass is 9.95. The van der Waals surface area contributed by atoms with Crippen molar-refractivity contribution in [2.75, 3.05) is 7.11 Å². The molecule has 2 atom stereocenters. The molecular weight excluding hydrogens is 382 g/mol. The fourth-order valence-corrected chi connectivity index (χ4v) is 4.06. The van der Waals surface area contributed by atoms with Crippen molar-refractivity contribution in [2.45, 2.75) is 18.7 Å². The van der Waals surface area contributed by atoms with E-state index in [4.69, 9.17) is 14.6 Å². The van der Waals surface area contributed by atoms with Crippen molar-refractivity contribution in [3.8, 4) is 11.5 Å². The molecule has 0 aliphatic carbocycles. The quantitative estimate of drug-likeness (QED) is 0.462. The van der Waals surface area contributed by atoms with Crippen LogP contribution in [0.2, 0.25) is 0 Å². The van der Waals surface area contributed by atoms with Crippen molar-refractivity contribution < 1.29 is 14.4 Å². The first-order chi connectivity index (χ1) is 14.7. The van der Waals surface area contributed by atoms with Crippen LogP contribution in [0.15, 0.2) is 77.9 Å². The van der Waals surface area contributed by atoms with Crippen LogP contribution < -0.4 is 9.47 Å². The molecule has 0 unspecified atom stereocenters. The molecule has 0 aromatic heterocycles. The summed E-state index contributed by atoms with van der Waals surface area (Å²) < 4.78 is 11.5. The second-order valence-corrected chi connectivity index (χ2v) is 7.20. The monoisotopic (exact) mass is 401 g/mol. The van der Waals surface area contributed by atoms with Gasteiger partial charge in [-0.25, -0.2) is 5.01 Å². The fraction of sp³-hybridized carbons (Fsp3) is 0.174. The summed E-state index contributed by atoms with van der Waals surface area (Å²) in [6.45, 7) is 0. The van der Waals surface area contributed by atoms with Gasteiger partial charge in [-0.1, -0.05) is 30.3 Å². The molecule has 7 heteroatoms. The van der Waals surface area contributed by atoms with Gasteiger partial charge in [-0.2, -0.15) is 5.10 Å². The van der Waals surface area contributed by atoms with Crippen LogP contribution in [-0.2, 0) is 0 Å². The van der Waals surface area contributed by atoms with Gasteiger partial charge >= 0.3 is 0 Å². The van der Waals surface area contributed by atoms with Gasteiger partial charge < -0.3 is 9.47 Å². The average molecular weight is 401 g/mol. The first-order valence-corrected chi connectivity index (χ1v) is 9.65. The second kappa shape index (κ2) is 7.18. The summed E-state index contributed by atoms with van der Waals surface area (Å²) in [6, 6.07) is 22.2. The van der Waals surface area contributed by atoms with E-state index in [1.165, 1.54) is 6.07 Å². The van der Waals surface area contributed by atoms with E-state index in [0.717, 1.165) is 28.3 Å². The van der Waals surface area contributed by atoms with E-state index in [1.54, 1.807) is 25.3 Å². The number of hydrogen-bond donors (Lipinski definition) is 0. The Balaban J connectivity index is 1.60. The molecule has 0 bridgehead atoms. The molecular formula is C23H19N3O4. The van der Waals surface area contributed by atoms with E-state index in [0.29, 0.717) is 12.0 Å². The van der Waals surface area contributed by atoms with E-state index >= 15 is 0 Å². The van der Waals surface area contributed by atoms with Crippen LogP contribution in [0.1, 0.15) is 35.4 Å². The Labute approximate surface area is 173 Å². The lowest BCUT2D eigenvalue weighted by molar-refractivity contribution is -0.386. The third-order valence-electron chi connectivity index (χ3n) is 5.52. The van der Waals surface area contributed by atoms with Crippen molar-refractivity contribution in [1.82, 2.24) is 5.01 Å². The number of nitro groups is 1. The Morgan fingerprint density at radius 1 is 1.03 bits per heavy atom. The van der Waals surface area contributed by atoms with Gasteiger partial charge in [0.1, 0.15) is 11.5 Å². The molecule has 3 aromatic carbocycles. The highest BCUT2D eigenvalue weighted by atomic mass is 16.6. The minimum Gasteiger partial charge on any atom is -0.497 e. The van der Waals surface area contributed by atoms with Gasteiger partial charge in [-0.05, 0) is 42.0 Å². The summed E-state index contributed by atoms with van der Waals surface area (Å²) in [5.41, 5.74) is 3.44. The normalized spacial score (nSPS) is 19.4. The summed E-state index contributed by atoms with van der Waals surface area (Å²) in [6.07, 6.45) is 0.00588. The number of hydrazone groups is 1. The largest absolute Gasteiger partial charge is 0.497 e. The van der Waals surface area contributed by atoms with Gasteiger partial charge in [0.05, 0.1) is 29.4 Å². The molecule has 0 saturated carbocycles. The predicted octanol–water partition coefficient (Wildman–Crippen LogP) is 4.85. The number of para-hydroxylation sites is 2. The summed E-state index contributed by atoms with van der Waals surface area (Å²) in [4.78, 5) is 11.3. The van der Waals surface area contributed by atoms with Crippen LogP contribution in [0.25, 0.3) is 0 Å². The van der Waals surface area contributed by atoms with Gasteiger partial charge in [-0.15, -0.1) is 0 Å². The summed E-state index contributed by atoms with van der Waals surface area (Å²) in [5, 5.41) is 18.3. The highest BCUT2D eigenvalue weighted by Gasteiger charge is 2.42. The highest BCUT2D eigenvalue weighted by molar-refractivity contribution is 6.02. The molecule has 0 saturated heterocycles. The molecule has 5 rings (SSSR count). The van der Waals surface area contributed by atoms with Crippen molar-refractivity contribution in [3.05, 3.63) is 99.6 Å². The molecule has 0 fully saturated rings. The van der Waals surface area contributed by atoms with Crippen LogP contribution in [0.3, 0.4) is 0 Å². The standard InChI is InChI=1S/C23H19N3O4/c1-29-16-12-10-15(11-13-16)19-14-21-17-6-3-5-9-22(17)30-23(25(21)24-19)18-7-2-4-8-20(18)26(27)28/h2-13,21,23H,14H2,1H3/t21-,23-/m0/s1. The van der Waals surface area contributed by atoms with E-state index in [-0.39, 0.29) is 16.7 Å². The zero-order chi connectivity index (χ0) is 20.7. The number of benzene rings is 3. The number of rotatable bonds is 4. The minimum atomic E-state index is -0.678. The molecule has 0 amide bonds. The van der Waals surface area contributed by atoms with Crippen molar-refractivity contribution in [1.29, 1.82) is 0 Å². The van der Waals surface area contributed by atoms with E-state index < -0.39 is 6.23 Å². The number of methoxy groups -OCH3 is 1. The molecule has 150 valence electrons. The van der Waals surface area contributed by atoms with E-state index in [9.17, 15) is 10.1 Å². The third-order valence-corrected chi connectivity index (χ3v) is 5.52. The smallest absolute Gasteiger partial charge is 0.278 e. The number of nitro benzene ring substituents is 1. The number of ether oxygens (including phenoxy) is 2. The summed E-state index contributed by atoms with van der Waals surface area (Å²) in [7, 11) is 1.63. The zero-order valence-electron chi connectivity index (χ0n) is 16.3. The number of fused-ring (bicyclic) bond motifs is 3. The van der Waals surface area contributed by atoms with Gasteiger partial charge in [0.15, 0.2) is 0 Å². The molecule has 0 radical (unpaired) electrons. The average Bonchev–Trinajstić information content (AvgIpc) is 3.24. The van der Waals surface area contributed by atoms with Crippen molar-refractivity contribution in [2.24, 2.45) is 5.10 Å². The van der Waals surface area contributed by atoms with Crippen molar-refractivity contribution in [3.63, 3.8) is 0 Å². The summed E-state index contributed by atoms with van der Waals surface area (Å²) >= 11 is 0.